The van der Waals surface area contributed by atoms with Crippen molar-refractivity contribution in [3.8, 4) is 0 Å². The average molecular weight is 651 g/mol. The average Bonchev–Trinajstić information content (AvgIpc) is 3.59. The van der Waals surface area contributed by atoms with E-state index in [2.05, 4.69) is 25.0 Å². The van der Waals surface area contributed by atoms with E-state index in [1.54, 1.807) is 26.9 Å². The summed E-state index contributed by atoms with van der Waals surface area (Å²) in [5.41, 5.74) is -1.17. The molecule has 4 aliphatic rings. The number of nitrogens with zero attached hydrogens (tertiary/aromatic N) is 4. The summed E-state index contributed by atoms with van der Waals surface area (Å²) < 4.78 is 12.6. The summed E-state index contributed by atoms with van der Waals surface area (Å²) in [5, 5.41) is 10.8. The van der Waals surface area contributed by atoms with Crippen LogP contribution in [0.5, 0.6) is 0 Å². The number of carbonyl (C=O) groups excluding carboxylic acids is 3. The van der Waals surface area contributed by atoms with Gasteiger partial charge in [0.2, 0.25) is 17.7 Å². The molecule has 1 aromatic rings. The van der Waals surface area contributed by atoms with E-state index >= 15 is 0 Å². The Bertz CT molecular complexity index is 1300. The highest BCUT2D eigenvalue weighted by molar-refractivity contribution is 5.99. The Morgan fingerprint density at radius 2 is 1.77 bits per heavy atom. The van der Waals surface area contributed by atoms with Crippen LogP contribution in [0.15, 0.2) is 55.6 Å². The maximum absolute atomic E-state index is 15.0. The van der Waals surface area contributed by atoms with E-state index < -0.39 is 35.1 Å². The summed E-state index contributed by atoms with van der Waals surface area (Å²) in [4.78, 5) is 52.0. The van der Waals surface area contributed by atoms with Crippen LogP contribution in [0.25, 0.3) is 0 Å². The molecule has 10 nitrogen and oxygen atoms in total. The second kappa shape index (κ2) is 14.6. The minimum Gasteiger partial charge on any atom is -0.394 e. The van der Waals surface area contributed by atoms with Crippen molar-refractivity contribution in [1.29, 1.82) is 0 Å². The molecule has 4 fully saturated rings. The summed E-state index contributed by atoms with van der Waals surface area (Å²) in [7, 11) is 0. The molecule has 0 radical (unpaired) electrons. The Kier molecular flexibility index (Phi) is 11.0. The van der Waals surface area contributed by atoms with Crippen LogP contribution in [-0.4, -0.2) is 125 Å². The molecule has 5 rings (SSSR count). The second-order valence-corrected chi connectivity index (χ2v) is 14.1. The van der Waals surface area contributed by atoms with Crippen molar-refractivity contribution in [1.82, 2.24) is 19.6 Å². The maximum atomic E-state index is 15.0. The molecule has 4 saturated heterocycles. The Morgan fingerprint density at radius 1 is 1.11 bits per heavy atom. The maximum Gasteiger partial charge on any atom is 0.248 e. The number of rotatable bonds is 15. The summed E-state index contributed by atoms with van der Waals surface area (Å²) in [5.74, 6) is -2.47. The Hall–Kier alpha value is -3.05. The van der Waals surface area contributed by atoms with Gasteiger partial charge in [0.05, 0.1) is 43.3 Å². The smallest absolute Gasteiger partial charge is 0.248 e. The van der Waals surface area contributed by atoms with Crippen LogP contribution in [-0.2, 0) is 30.4 Å². The molecule has 1 aromatic carbocycles. The molecule has 3 amide bonds. The lowest BCUT2D eigenvalue weighted by Gasteiger charge is -2.41. The fourth-order valence-corrected chi connectivity index (χ4v) is 8.60. The lowest BCUT2D eigenvalue weighted by molar-refractivity contribution is -0.159. The number of fused-ring (bicyclic) bond motifs is 1. The van der Waals surface area contributed by atoms with E-state index in [4.69, 9.17) is 9.47 Å². The van der Waals surface area contributed by atoms with Gasteiger partial charge in [-0.2, -0.15) is 0 Å². The molecule has 3 unspecified atom stereocenters. The van der Waals surface area contributed by atoms with Crippen molar-refractivity contribution < 1.29 is 29.0 Å². The lowest BCUT2D eigenvalue weighted by Crippen LogP contribution is -2.60. The quantitative estimate of drug-likeness (QED) is 0.291. The highest BCUT2D eigenvalue weighted by atomic mass is 16.5. The van der Waals surface area contributed by atoms with Gasteiger partial charge in [-0.15, -0.1) is 13.2 Å². The second-order valence-electron chi connectivity index (χ2n) is 14.1. The van der Waals surface area contributed by atoms with Gasteiger partial charge in [0.1, 0.15) is 11.6 Å². The van der Waals surface area contributed by atoms with Crippen LogP contribution in [0.2, 0.25) is 0 Å². The number of aliphatic hydroxyl groups is 1. The van der Waals surface area contributed by atoms with Gasteiger partial charge in [-0.3, -0.25) is 19.3 Å². The third-order valence-electron chi connectivity index (χ3n) is 11.4. The van der Waals surface area contributed by atoms with E-state index in [-0.39, 0.29) is 36.2 Å². The Labute approximate surface area is 280 Å². The standard InChI is InChI=1S/C37H54N4O6/c1-7-15-39(18-17-38-19-21-46-22-20-38)35(45)32-37-23-27(5)36(6,47-37)30(31(37)34(44)41(32)29(25-42)26(4)9-3)33(43)40(16-8-2)24-28-13-11-10-12-14-28/h7-8,10-14,26-27,29-32,42H,1-2,9,15-25H2,3-6H3/t26-,27?,29-,30-,31-,32?,36+,37?/m0/s1. The topological polar surface area (TPSA) is 103 Å². The van der Waals surface area contributed by atoms with Crippen molar-refractivity contribution in [2.45, 2.75) is 70.4 Å². The van der Waals surface area contributed by atoms with Crippen molar-refractivity contribution in [3.63, 3.8) is 0 Å². The lowest BCUT2D eigenvalue weighted by atomic mass is 9.62. The zero-order chi connectivity index (χ0) is 33.9. The van der Waals surface area contributed by atoms with Gasteiger partial charge < -0.3 is 29.3 Å². The number of likely N-dealkylation sites (tertiary alicyclic amines) is 1. The third kappa shape index (κ3) is 6.30. The Morgan fingerprint density at radius 3 is 2.38 bits per heavy atom. The minimum atomic E-state index is -1.20. The molecule has 0 aromatic heterocycles. The number of morpholine rings is 1. The summed E-state index contributed by atoms with van der Waals surface area (Å²) in [6, 6.07) is 8.21. The first-order valence-corrected chi connectivity index (χ1v) is 17.3. The molecule has 0 aliphatic carbocycles. The van der Waals surface area contributed by atoms with Crippen LogP contribution < -0.4 is 0 Å². The summed E-state index contributed by atoms with van der Waals surface area (Å²) in [6.07, 6.45) is 4.60. The molecule has 1 spiro atoms. The molecule has 4 heterocycles. The number of hydrogen-bond donors (Lipinski definition) is 1. The van der Waals surface area contributed by atoms with Crippen LogP contribution in [0, 0.1) is 23.7 Å². The van der Waals surface area contributed by atoms with Gasteiger partial charge in [-0.1, -0.05) is 69.7 Å². The fourth-order valence-electron chi connectivity index (χ4n) is 8.60. The molecule has 4 aliphatic heterocycles. The normalized spacial score (nSPS) is 31.3. The Balaban J connectivity index is 1.56. The predicted molar refractivity (Wildman–Crippen MR) is 180 cm³/mol. The van der Waals surface area contributed by atoms with E-state index in [0.717, 1.165) is 18.7 Å². The SMILES string of the molecule is C=CCN(CCN1CCOCC1)C(=O)C1N([C@@H](CO)[C@@H](C)CC)C(=O)[C@@H]2[C@@H](C(=O)N(CC=C)Cc3ccccc3)[C@]3(C)OC12CC3C. The van der Waals surface area contributed by atoms with Crippen molar-refractivity contribution in [2.24, 2.45) is 23.7 Å². The van der Waals surface area contributed by atoms with E-state index in [1.807, 2.05) is 51.1 Å². The van der Waals surface area contributed by atoms with Crippen LogP contribution in [0.1, 0.15) is 46.1 Å². The van der Waals surface area contributed by atoms with Crippen LogP contribution in [0.3, 0.4) is 0 Å². The molecule has 8 atom stereocenters. The fraction of sp³-hybridized carbons (Fsp3) is 0.649. The predicted octanol–water partition coefficient (Wildman–Crippen LogP) is 2.97. The number of benzene rings is 1. The molecule has 2 bridgehead atoms. The van der Waals surface area contributed by atoms with Gasteiger partial charge >= 0.3 is 0 Å². The van der Waals surface area contributed by atoms with Gasteiger partial charge in [0.25, 0.3) is 0 Å². The largest absolute Gasteiger partial charge is 0.394 e. The monoisotopic (exact) mass is 650 g/mol. The summed E-state index contributed by atoms with van der Waals surface area (Å²) in [6.45, 7) is 20.6. The highest BCUT2D eigenvalue weighted by Gasteiger charge is 2.80. The third-order valence-corrected chi connectivity index (χ3v) is 11.4. The van der Waals surface area contributed by atoms with E-state index in [9.17, 15) is 19.5 Å². The van der Waals surface area contributed by atoms with Crippen LogP contribution >= 0.6 is 0 Å². The van der Waals surface area contributed by atoms with Gasteiger partial charge in [-0.05, 0) is 30.7 Å². The van der Waals surface area contributed by atoms with Gasteiger partial charge in [0.15, 0.2) is 0 Å². The summed E-state index contributed by atoms with van der Waals surface area (Å²) >= 11 is 0. The number of carbonyl (C=O) groups is 3. The van der Waals surface area contributed by atoms with Crippen LogP contribution in [0.4, 0.5) is 0 Å². The molecule has 47 heavy (non-hydrogen) atoms. The zero-order valence-electron chi connectivity index (χ0n) is 28.7. The van der Waals surface area contributed by atoms with Crippen molar-refractivity contribution >= 4 is 17.7 Å². The molecule has 258 valence electrons. The first-order chi connectivity index (χ1) is 22.6. The van der Waals surface area contributed by atoms with E-state index in [0.29, 0.717) is 58.8 Å². The van der Waals surface area contributed by atoms with Gasteiger partial charge in [0, 0.05) is 45.8 Å². The molecule has 0 saturated carbocycles. The first-order valence-electron chi connectivity index (χ1n) is 17.3. The van der Waals surface area contributed by atoms with Crippen molar-refractivity contribution in [2.75, 3.05) is 59.1 Å². The minimum absolute atomic E-state index is 0.0783. The molecular weight excluding hydrogens is 596 g/mol. The number of ether oxygens (including phenoxy) is 2. The van der Waals surface area contributed by atoms with E-state index in [1.165, 1.54) is 0 Å². The molecule has 10 heteroatoms. The number of hydrogen-bond acceptors (Lipinski definition) is 7. The molecular formula is C37H54N4O6. The van der Waals surface area contributed by atoms with Crippen molar-refractivity contribution in [3.05, 3.63) is 61.2 Å². The highest BCUT2D eigenvalue weighted by Crippen LogP contribution is 2.66. The zero-order valence-corrected chi connectivity index (χ0v) is 28.7. The first kappa shape index (κ1) is 35.3. The van der Waals surface area contributed by atoms with Gasteiger partial charge in [-0.25, -0.2) is 0 Å². The molecule has 1 N–H and O–H groups in total. The number of amides is 3. The number of aliphatic hydroxyl groups excluding tert-OH is 1.